The van der Waals surface area contributed by atoms with E-state index in [4.69, 9.17) is 10.2 Å². The smallest absolute Gasteiger partial charge is 0.129 e. The lowest BCUT2D eigenvalue weighted by Crippen LogP contribution is -2.15. The number of rotatable bonds is 2. The zero-order chi connectivity index (χ0) is 9.14. The minimum absolute atomic E-state index is 0.0921. The van der Waals surface area contributed by atoms with Crippen molar-refractivity contribution in [2.75, 3.05) is 0 Å². The van der Waals surface area contributed by atoms with E-state index in [2.05, 4.69) is 0 Å². The lowest BCUT2D eigenvalue weighted by Gasteiger charge is -2.03. The van der Waals surface area contributed by atoms with Crippen molar-refractivity contribution in [3.8, 4) is 0 Å². The van der Waals surface area contributed by atoms with Gasteiger partial charge in [0.2, 0.25) is 0 Å². The molecular weight excluding hydrogens is 150 g/mol. The average molecular weight is 165 g/mol. The number of furan rings is 1. The van der Waals surface area contributed by atoms with Crippen LogP contribution in [-0.2, 0) is 0 Å². The summed E-state index contributed by atoms with van der Waals surface area (Å²) in [5.41, 5.74) is 7.97. The van der Waals surface area contributed by atoms with Crippen molar-refractivity contribution in [2.24, 2.45) is 5.73 Å². The Labute approximate surface area is 73.1 Å². The van der Waals surface area contributed by atoms with Gasteiger partial charge in [0.15, 0.2) is 0 Å². The van der Waals surface area contributed by atoms with Crippen molar-refractivity contribution in [2.45, 2.75) is 26.8 Å². The van der Waals surface area contributed by atoms with Crippen molar-refractivity contribution < 1.29 is 4.42 Å². The van der Waals surface area contributed by atoms with E-state index in [9.17, 15) is 0 Å². The first-order chi connectivity index (χ1) is 5.61. The highest BCUT2D eigenvalue weighted by atomic mass is 16.3. The van der Waals surface area contributed by atoms with Crippen LogP contribution in [0.5, 0.6) is 0 Å². The van der Waals surface area contributed by atoms with Crippen LogP contribution >= 0.6 is 0 Å². The maximum absolute atomic E-state index is 5.69. The van der Waals surface area contributed by atoms with Crippen molar-refractivity contribution in [3.05, 3.63) is 29.2 Å². The van der Waals surface area contributed by atoms with Gasteiger partial charge in [0, 0.05) is 6.04 Å². The van der Waals surface area contributed by atoms with Gasteiger partial charge in [-0.05, 0) is 38.5 Å². The van der Waals surface area contributed by atoms with Gasteiger partial charge in [-0.25, -0.2) is 0 Å². The van der Waals surface area contributed by atoms with E-state index in [-0.39, 0.29) is 6.04 Å². The molecule has 0 radical (unpaired) electrons. The summed E-state index contributed by atoms with van der Waals surface area (Å²) in [6.45, 7) is 5.99. The van der Waals surface area contributed by atoms with Gasteiger partial charge in [-0.2, -0.15) is 0 Å². The predicted octanol–water partition coefficient (Wildman–Crippen LogP) is 2.34. The maximum atomic E-state index is 5.69. The average Bonchev–Trinajstić information content (AvgIpc) is 2.36. The van der Waals surface area contributed by atoms with Gasteiger partial charge in [0.1, 0.15) is 5.76 Å². The third kappa shape index (κ3) is 1.98. The molecule has 1 heterocycles. The fourth-order valence-corrected chi connectivity index (χ4v) is 0.871. The van der Waals surface area contributed by atoms with Crippen molar-refractivity contribution in [1.82, 2.24) is 0 Å². The summed E-state index contributed by atoms with van der Waals surface area (Å²) in [4.78, 5) is 0. The van der Waals surface area contributed by atoms with Crippen molar-refractivity contribution in [1.29, 1.82) is 0 Å². The van der Waals surface area contributed by atoms with E-state index in [0.29, 0.717) is 0 Å². The lowest BCUT2D eigenvalue weighted by atomic mass is 10.1. The van der Waals surface area contributed by atoms with Gasteiger partial charge in [0.25, 0.3) is 0 Å². The van der Waals surface area contributed by atoms with E-state index in [1.54, 1.807) is 6.26 Å². The first kappa shape index (κ1) is 9.07. The highest BCUT2D eigenvalue weighted by Crippen LogP contribution is 2.13. The molecule has 2 heteroatoms. The fourth-order valence-electron chi connectivity index (χ4n) is 0.871. The number of aryl methyl sites for hydroxylation is 1. The first-order valence-corrected chi connectivity index (χ1v) is 4.09. The van der Waals surface area contributed by atoms with Gasteiger partial charge in [-0.1, -0.05) is 5.57 Å². The third-order valence-corrected chi connectivity index (χ3v) is 1.98. The molecule has 0 bridgehead atoms. The second-order valence-electron chi connectivity index (χ2n) is 3.14. The summed E-state index contributed by atoms with van der Waals surface area (Å²) >= 11 is 0. The molecule has 0 fully saturated rings. The largest absolute Gasteiger partial charge is 0.465 e. The Balaban J connectivity index is 2.87. The molecule has 0 saturated carbocycles. The topological polar surface area (TPSA) is 39.2 Å². The molecule has 0 aliphatic rings. The Bertz CT molecular complexity index is 284. The molecule has 1 atom stereocenters. The molecule has 0 saturated heterocycles. The molecule has 1 aromatic rings. The zero-order valence-electron chi connectivity index (χ0n) is 7.79. The molecular formula is C10H15NO. The van der Waals surface area contributed by atoms with Gasteiger partial charge in [0.05, 0.1) is 6.26 Å². The van der Waals surface area contributed by atoms with E-state index < -0.39 is 0 Å². The van der Waals surface area contributed by atoms with E-state index in [1.165, 1.54) is 0 Å². The first-order valence-electron chi connectivity index (χ1n) is 4.09. The molecule has 66 valence electrons. The minimum Gasteiger partial charge on any atom is -0.465 e. The molecule has 0 aliphatic carbocycles. The second kappa shape index (κ2) is 3.59. The Morgan fingerprint density at radius 1 is 1.67 bits per heavy atom. The highest BCUT2D eigenvalue weighted by molar-refractivity contribution is 5.51. The standard InChI is InChI=1S/C10H15NO/c1-7-4-5-12-10(7)6-8(2)9(3)11/h4-6,9H,11H2,1-3H3/b8-6+. The number of hydrogen-bond donors (Lipinski definition) is 1. The maximum Gasteiger partial charge on any atom is 0.129 e. The van der Waals surface area contributed by atoms with Gasteiger partial charge >= 0.3 is 0 Å². The number of nitrogens with two attached hydrogens (primary N) is 1. The van der Waals surface area contributed by atoms with Gasteiger partial charge in [-0.3, -0.25) is 0 Å². The molecule has 2 nitrogen and oxygen atoms in total. The van der Waals surface area contributed by atoms with Gasteiger partial charge < -0.3 is 10.2 Å². The summed E-state index contributed by atoms with van der Waals surface area (Å²) < 4.78 is 5.25. The molecule has 2 N–H and O–H groups in total. The summed E-state index contributed by atoms with van der Waals surface area (Å²) in [5.74, 6) is 0.907. The summed E-state index contributed by atoms with van der Waals surface area (Å²) in [7, 11) is 0. The van der Waals surface area contributed by atoms with Gasteiger partial charge in [-0.15, -0.1) is 0 Å². The van der Waals surface area contributed by atoms with Crippen molar-refractivity contribution in [3.63, 3.8) is 0 Å². The zero-order valence-corrected chi connectivity index (χ0v) is 7.79. The fraction of sp³-hybridized carbons (Fsp3) is 0.400. The predicted molar refractivity (Wildman–Crippen MR) is 50.7 cm³/mol. The molecule has 0 aromatic carbocycles. The van der Waals surface area contributed by atoms with Crippen LogP contribution in [0, 0.1) is 6.92 Å². The molecule has 1 aromatic heterocycles. The van der Waals surface area contributed by atoms with Crippen LogP contribution < -0.4 is 5.73 Å². The van der Waals surface area contributed by atoms with Crippen LogP contribution in [0.4, 0.5) is 0 Å². The molecule has 0 aliphatic heterocycles. The minimum atomic E-state index is 0.0921. The van der Waals surface area contributed by atoms with Crippen LogP contribution in [0.1, 0.15) is 25.2 Å². The number of hydrogen-bond acceptors (Lipinski definition) is 2. The third-order valence-electron chi connectivity index (χ3n) is 1.98. The van der Waals surface area contributed by atoms with Crippen LogP contribution in [0.3, 0.4) is 0 Å². The van der Waals surface area contributed by atoms with Crippen LogP contribution in [-0.4, -0.2) is 6.04 Å². The molecule has 1 rings (SSSR count). The Kier molecular flexibility index (Phi) is 2.71. The molecule has 12 heavy (non-hydrogen) atoms. The lowest BCUT2D eigenvalue weighted by molar-refractivity contribution is 0.554. The van der Waals surface area contributed by atoms with Crippen molar-refractivity contribution >= 4 is 6.08 Å². The van der Waals surface area contributed by atoms with E-state index >= 15 is 0 Å². The Morgan fingerprint density at radius 3 is 2.75 bits per heavy atom. The SMILES string of the molecule is C/C(=C\c1occc1C)C(C)N. The highest BCUT2D eigenvalue weighted by Gasteiger charge is 2.01. The normalized spacial score (nSPS) is 14.8. The van der Waals surface area contributed by atoms with Crippen LogP contribution in [0.25, 0.3) is 6.08 Å². The van der Waals surface area contributed by atoms with E-state index in [0.717, 1.165) is 16.9 Å². The molecule has 0 spiro atoms. The quantitative estimate of drug-likeness (QED) is 0.730. The second-order valence-corrected chi connectivity index (χ2v) is 3.14. The molecule has 1 unspecified atom stereocenters. The van der Waals surface area contributed by atoms with Crippen LogP contribution in [0.2, 0.25) is 0 Å². The Hall–Kier alpha value is -1.02. The molecule has 0 amide bonds. The summed E-state index contributed by atoms with van der Waals surface area (Å²) in [6, 6.07) is 2.04. The Morgan fingerprint density at radius 2 is 2.33 bits per heavy atom. The van der Waals surface area contributed by atoms with Crippen LogP contribution in [0.15, 0.2) is 22.3 Å². The summed E-state index contributed by atoms with van der Waals surface area (Å²) in [5, 5.41) is 0. The monoisotopic (exact) mass is 165 g/mol. The van der Waals surface area contributed by atoms with E-state index in [1.807, 2.05) is 32.9 Å². The summed E-state index contributed by atoms with van der Waals surface area (Å²) in [6.07, 6.45) is 3.68.